The van der Waals surface area contributed by atoms with E-state index in [0.717, 1.165) is 22.9 Å². The zero-order chi connectivity index (χ0) is 12.4. The van der Waals surface area contributed by atoms with Gasteiger partial charge in [-0.25, -0.2) is 4.39 Å². The number of rotatable bonds is 2. The van der Waals surface area contributed by atoms with Gasteiger partial charge in [-0.05, 0) is 48.9 Å². The lowest BCUT2D eigenvalue weighted by molar-refractivity contribution is -0.125. The number of Topliss-reactive ketones (excluding diaryl/α,β-unsaturated/α-hetero) is 1. The highest BCUT2D eigenvalue weighted by atomic mass is 79.9. The van der Waals surface area contributed by atoms with Gasteiger partial charge in [0.15, 0.2) is 0 Å². The number of halogens is 2. The number of benzene rings is 1. The first-order chi connectivity index (χ1) is 8.06. The van der Waals surface area contributed by atoms with Crippen molar-refractivity contribution in [1.29, 1.82) is 0 Å². The zero-order valence-electron chi connectivity index (χ0n) is 9.88. The average molecular weight is 299 g/mol. The maximum Gasteiger partial charge on any atom is 0.136 e. The first kappa shape index (κ1) is 12.7. The van der Waals surface area contributed by atoms with Crippen LogP contribution < -0.4 is 0 Å². The van der Waals surface area contributed by atoms with Crippen LogP contribution in [0.25, 0.3) is 0 Å². The van der Waals surface area contributed by atoms with E-state index in [4.69, 9.17) is 0 Å². The molecule has 0 spiro atoms. The summed E-state index contributed by atoms with van der Waals surface area (Å²) in [7, 11) is 0. The summed E-state index contributed by atoms with van der Waals surface area (Å²) in [6, 6.07) is 4.66. The molecule has 0 radical (unpaired) electrons. The number of hydrogen-bond acceptors (Lipinski definition) is 1. The van der Waals surface area contributed by atoms with Gasteiger partial charge >= 0.3 is 0 Å². The van der Waals surface area contributed by atoms with E-state index in [-0.39, 0.29) is 11.7 Å². The summed E-state index contributed by atoms with van der Waals surface area (Å²) in [6.45, 7) is 2.18. The fourth-order valence-corrected chi connectivity index (χ4v) is 2.90. The predicted molar refractivity (Wildman–Crippen MR) is 69.3 cm³/mol. The Kier molecular flexibility index (Phi) is 3.97. The van der Waals surface area contributed by atoms with Crippen LogP contribution in [0.15, 0.2) is 22.7 Å². The number of ketones is 1. The molecule has 2 atom stereocenters. The highest BCUT2D eigenvalue weighted by Crippen LogP contribution is 2.30. The van der Waals surface area contributed by atoms with Crippen molar-refractivity contribution >= 4 is 21.7 Å². The third kappa shape index (κ3) is 3.15. The predicted octanol–water partition coefficient (Wildman–Crippen LogP) is 4.14. The second kappa shape index (κ2) is 5.30. The molecule has 1 aliphatic rings. The maximum atomic E-state index is 13.2. The fraction of sp³-hybridized carbons (Fsp3) is 0.500. The Morgan fingerprint density at radius 3 is 3.00 bits per heavy atom. The standard InChI is InChI=1S/C14H16BrFO/c1-9-2-5-14(17)11(6-9)7-10-8-12(16)3-4-13(10)15/h3-4,8-9,11H,2,5-7H2,1H3. The number of carbonyl (C=O) groups is 1. The molecule has 1 aromatic rings. The van der Waals surface area contributed by atoms with Gasteiger partial charge in [-0.1, -0.05) is 22.9 Å². The molecule has 1 saturated carbocycles. The normalized spacial score (nSPS) is 25.0. The molecule has 1 fully saturated rings. The summed E-state index contributed by atoms with van der Waals surface area (Å²) in [5.41, 5.74) is 0.900. The molecule has 17 heavy (non-hydrogen) atoms. The average Bonchev–Trinajstić information content (AvgIpc) is 2.28. The van der Waals surface area contributed by atoms with Crippen molar-refractivity contribution in [1.82, 2.24) is 0 Å². The largest absolute Gasteiger partial charge is 0.299 e. The van der Waals surface area contributed by atoms with Crippen molar-refractivity contribution in [2.45, 2.75) is 32.6 Å². The lowest BCUT2D eigenvalue weighted by atomic mass is 9.78. The number of carbonyl (C=O) groups excluding carboxylic acids is 1. The van der Waals surface area contributed by atoms with Crippen molar-refractivity contribution in [3.05, 3.63) is 34.1 Å². The highest BCUT2D eigenvalue weighted by Gasteiger charge is 2.27. The maximum absolute atomic E-state index is 13.2. The van der Waals surface area contributed by atoms with Crippen LogP contribution in [0.3, 0.4) is 0 Å². The monoisotopic (exact) mass is 298 g/mol. The zero-order valence-corrected chi connectivity index (χ0v) is 11.5. The minimum absolute atomic E-state index is 0.0665. The third-order valence-corrected chi connectivity index (χ3v) is 4.27. The van der Waals surface area contributed by atoms with Crippen LogP contribution in [0.2, 0.25) is 0 Å². The van der Waals surface area contributed by atoms with Crippen LogP contribution in [-0.4, -0.2) is 5.78 Å². The molecule has 92 valence electrons. The van der Waals surface area contributed by atoms with E-state index >= 15 is 0 Å². The first-order valence-corrected chi connectivity index (χ1v) is 6.82. The van der Waals surface area contributed by atoms with Gasteiger partial charge in [-0.3, -0.25) is 4.79 Å². The quantitative estimate of drug-likeness (QED) is 0.802. The lowest BCUT2D eigenvalue weighted by Crippen LogP contribution is -2.25. The molecule has 1 nitrogen and oxygen atoms in total. The first-order valence-electron chi connectivity index (χ1n) is 6.03. The minimum Gasteiger partial charge on any atom is -0.299 e. The SMILES string of the molecule is CC1CCC(=O)C(Cc2cc(F)ccc2Br)C1. The summed E-state index contributed by atoms with van der Waals surface area (Å²) in [5, 5.41) is 0. The Bertz CT molecular complexity index is 430. The topological polar surface area (TPSA) is 17.1 Å². The van der Waals surface area contributed by atoms with Gasteiger partial charge in [0.2, 0.25) is 0 Å². The summed E-state index contributed by atoms with van der Waals surface area (Å²) in [4.78, 5) is 11.8. The van der Waals surface area contributed by atoms with Crippen molar-refractivity contribution in [3.63, 3.8) is 0 Å². The third-order valence-electron chi connectivity index (χ3n) is 3.50. The molecule has 0 heterocycles. The van der Waals surface area contributed by atoms with E-state index < -0.39 is 0 Å². The molecular formula is C14H16BrFO. The Balaban J connectivity index is 2.14. The van der Waals surface area contributed by atoms with Gasteiger partial charge in [0.1, 0.15) is 11.6 Å². The van der Waals surface area contributed by atoms with E-state index in [2.05, 4.69) is 22.9 Å². The van der Waals surface area contributed by atoms with Crippen LogP contribution in [0.4, 0.5) is 4.39 Å². The molecule has 1 aromatic carbocycles. The van der Waals surface area contributed by atoms with Crippen molar-refractivity contribution in [3.8, 4) is 0 Å². The van der Waals surface area contributed by atoms with Crippen LogP contribution >= 0.6 is 15.9 Å². The molecule has 2 unspecified atom stereocenters. The van der Waals surface area contributed by atoms with E-state index in [1.807, 2.05) is 0 Å². The van der Waals surface area contributed by atoms with Crippen LogP contribution in [0.1, 0.15) is 31.7 Å². The molecule has 0 saturated heterocycles. The summed E-state index contributed by atoms with van der Waals surface area (Å²) in [5.74, 6) is 0.764. The van der Waals surface area contributed by atoms with E-state index in [1.54, 1.807) is 6.07 Å². The van der Waals surface area contributed by atoms with Crippen molar-refractivity contribution in [2.75, 3.05) is 0 Å². The van der Waals surface area contributed by atoms with Crippen LogP contribution in [-0.2, 0) is 11.2 Å². The smallest absolute Gasteiger partial charge is 0.136 e. The Morgan fingerprint density at radius 2 is 2.24 bits per heavy atom. The van der Waals surface area contributed by atoms with E-state index in [9.17, 15) is 9.18 Å². The Labute approximate surface area is 110 Å². The van der Waals surface area contributed by atoms with Gasteiger partial charge in [-0.15, -0.1) is 0 Å². The summed E-state index contributed by atoms with van der Waals surface area (Å²) >= 11 is 3.41. The second-order valence-electron chi connectivity index (χ2n) is 4.98. The molecule has 0 amide bonds. The minimum atomic E-state index is -0.237. The molecule has 3 heteroatoms. The van der Waals surface area contributed by atoms with Gasteiger partial charge in [-0.2, -0.15) is 0 Å². The van der Waals surface area contributed by atoms with Crippen molar-refractivity contribution < 1.29 is 9.18 Å². The van der Waals surface area contributed by atoms with Gasteiger partial charge in [0.25, 0.3) is 0 Å². The molecule has 0 N–H and O–H groups in total. The highest BCUT2D eigenvalue weighted by molar-refractivity contribution is 9.10. The Hall–Kier alpha value is -0.700. The lowest BCUT2D eigenvalue weighted by Gasteiger charge is -2.25. The van der Waals surface area contributed by atoms with Crippen LogP contribution in [0, 0.1) is 17.7 Å². The summed E-state index contributed by atoms with van der Waals surface area (Å²) < 4.78 is 14.1. The molecule has 2 rings (SSSR count). The van der Waals surface area contributed by atoms with Crippen molar-refractivity contribution in [2.24, 2.45) is 11.8 Å². The van der Waals surface area contributed by atoms with E-state index in [1.165, 1.54) is 12.1 Å². The molecule has 0 aromatic heterocycles. The summed E-state index contributed by atoms with van der Waals surface area (Å²) in [6.07, 6.45) is 3.27. The molecule has 0 bridgehead atoms. The van der Waals surface area contributed by atoms with E-state index in [0.29, 0.717) is 24.5 Å². The van der Waals surface area contributed by atoms with Gasteiger partial charge in [0.05, 0.1) is 0 Å². The fourth-order valence-electron chi connectivity index (χ4n) is 2.49. The molecular weight excluding hydrogens is 283 g/mol. The molecule has 0 aliphatic heterocycles. The van der Waals surface area contributed by atoms with Gasteiger partial charge in [0, 0.05) is 16.8 Å². The Morgan fingerprint density at radius 1 is 1.47 bits per heavy atom. The molecule has 1 aliphatic carbocycles. The van der Waals surface area contributed by atoms with Crippen LogP contribution in [0.5, 0.6) is 0 Å². The number of hydrogen-bond donors (Lipinski definition) is 0. The second-order valence-corrected chi connectivity index (χ2v) is 5.84. The van der Waals surface area contributed by atoms with Gasteiger partial charge < -0.3 is 0 Å².